The minimum atomic E-state index is 0.228. The van der Waals surface area contributed by atoms with E-state index in [1.807, 2.05) is 12.1 Å². The molecule has 0 saturated heterocycles. The quantitative estimate of drug-likeness (QED) is 0.740. The van der Waals surface area contributed by atoms with Crippen LogP contribution in [0.5, 0.6) is 0 Å². The number of rotatable bonds is 7. The molecule has 1 aromatic rings. The molecule has 0 radical (unpaired) electrons. The Labute approximate surface area is 98.0 Å². The number of nitrogens with two attached hydrogens (primary N) is 1. The lowest BCUT2D eigenvalue weighted by atomic mass is 10.0. The van der Waals surface area contributed by atoms with Crippen LogP contribution in [0.4, 0.5) is 0 Å². The van der Waals surface area contributed by atoms with Crippen LogP contribution in [0.25, 0.3) is 0 Å². The summed E-state index contributed by atoms with van der Waals surface area (Å²) < 4.78 is 5.20. The van der Waals surface area contributed by atoms with E-state index in [1.165, 1.54) is 11.1 Å². The topological polar surface area (TPSA) is 47.3 Å². The van der Waals surface area contributed by atoms with Crippen molar-refractivity contribution >= 4 is 0 Å². The van der Waals surface area contributed by atoms with E-state index in [0.29, 0.717) is 13.2 Å². The first kappa shape index (κ1) is 13.2. The summed E-state index contributed by atoms with van der Waals surface area (Å²) in [5, 5.41) is 3.45. The van der Waals surface area contributed by atoms with Gasteiger partial charge in [-0.3, -0.25) is 0 Å². The normalized spacial score (nSPS) is 12.7. The van der Waals surface area contributed by atoms with Gasteiger partial charge in [-0.1, -0.05) is 31.2 Å². The van der Waals surface area contributed by atoms with E-state index in [9.17, 15) is 0 Å². The number of nitrogens with one attached hydrogen (secondary N) is 1. The van der Waals surface area contributed by atoms with Gasteiger partial charge in [0.05, 0.1) is 6.61 Å². The Morgan fingerprint density at radius 2 is 2.12 bits per heavy atom. The summed E-state index contributed by atoms with van der Waals surface area (Å²) >= 11 is 0. The number of ether oxygens (including phenoxy) is 1. The van der Waals surface area contributed by atoms with Gasteiger partial charge in [0.1, 0.15) is 0 Å². The van der Waals surface area contributed by atoms with Crippen molar-refractivity contribution in [3.05, 3.63) is 35.4 Å². The van der Waals surface area contributed by atoms with Crippen molar-refractivity contribution in [2.45, 2.75) is 26.0 Å². The third-order valence-electron chi connectivity index (χ3n) is 2.61. The zero-order valence-electron chi connectivity index (χ0n) is 10.2. The highest BCUT2D eigenvalue weighted by atomic mass is 16.5. The van der Waals surface area contributed by atoms with E-state index in [4.69, 9.17) is 10.5 Å². The number of hydrogen-bond donors (Lipinski definition) is 2. The van der Waals surface area contributed by atoms with Crippen LogP contribution in [0.2, 0.25) is 0 Å². The first-order chi connectivity index (χ1) is 7.83. The molecule has 3 nitrogen and oxygen atoms in total. The average Bonchev–Trinajstić information content (AvgIpc) is 2.32. The molecule has 3 heteroatoms. The Morgan fingerprint density at radius 1 is 1.38 bits per heavy atom. The minimum absolute atomic E-state index is 0.228. The second kappa shape index (κ2) is 7.39. The van der Waals surface area contributed by atoms with E-state index in [-0.39, 0.29) is 6.04 Å². The molecule has 16 heavy (non-hydrogen) atoms. The molecule has 0 fully saturated rings. The molecule has 0 spiro atoms. The zero-order valence-corrected chi connectivity index (χ0v) is 10.2. The van der Waals surface area contributed by atoms with Crippen LogP contribution in [0.1, 0.15) is 30.5 Å². The van der Waals surface area contributed by atoms with E-state index in [2.05, 4.69) is 24.4 Å². The van der Waals surface area contributed by atoms with E-state index >= 15 is 0 Å². The molecule has 3 N–H and O–H groups in total. The largest absolute Gasteiger partial charge is 0.380 e. The summed E-state index contributed by atoms with van der Waals surface area (Å²) in [4.78, 5) is 0. The number of hydrogen-bond acceptors (Lipinski definition) is 3. The molecule has 0 aliphatic rings. The molecule has 90 valence electrons. The monoisotopic (exact) mass is 222 g/mol. The molecule has 0 amide bonds. The Balaban J connectivity index is 2.81. The van der Waals surface area contributed by atoms with Crippen molar-refractivity contribution < 1.29 is 4.74 Å². The van der Waals surface area contributed by atoms with Gasteiger partial charge in [0.25, 0.3) is 0 Å². The van der Waals surface area contributed by atoms with Crippen molar-refractivity contribution in [1.29, 1.82) is 0 Å². The fourth-order valence-electron chi connectivity index (χ4n) is 1.80. The Bertz CT molecular complexity index is 302. The fourth-order valence-corrected chi connectivity index (χ4v) is 1.80. The molecule has 1 unspecified atom stereocenters. The van der Waals surface area contributed by atoms with Gasteiger partial charge in [0.2, 0.25) is 0 Å². The van der Waals surface area contributed by atoms with Crippen LogP contribution in [-0.4, -0.2) is 20.2 Å². The highest BCUT2D eigenvalue weighted by molar-refractivity contribution is 5.29. The van der Waals surface area contributed by atoms with Gasteiger partial charge in [0.15, 0.2) is 0 Å². The number of benzene rings is 1. The van der Waals surface area contributed by atoms with Crippen molar-refractivity contribution in [3.63, 3.8) is 0 Å². The maximum absolute atomic E-state index is 5.81. The zero-order chi connectivity index (χ0) is 11.8. The number of methoxy groups -OCH3 is 1. The van der Waals surface area contributed by atoms with Gasteiger partial charge in [-0.2, -0.15) is 0 Å². The van der Waals surface area contributed by atoms with Gasteiger partial charge in [-0.15, -0.1) is 0 Å². The summed E-state index contributed by atoms with van der Waals surface area (Å²) in [7, 11) is 1.72. The van der Waals surface area contributed by atoms with Crippen molar-refractivity contribution in [2.24, 2.45) is 5.73 Å². The Kier molecular flexibility index (Phi) is 6.08. The van der Waals surface area contributed by atoms with Crippen LogP contribution in [-0.2, 0) is 11.3 Å². The van der Waals surface area contributed by atoms with Crippen molar-refractivity contribution in [1.82, 2.24) is 5.32 Å². The predicted octanol–water partition coefficient (Wildman–Crippen LogP) is 1.83. The lowest BCUT2D eigenvalue weighted by molar-refractivity contribution is 0.183. The Morgan fingerprint density at radius 3 is 2.75 bits per heavy atom. The van der Waals surface area contributed by atoms with Crippen LogP contribution >= 0.6 is 0 Å². The molecule has 0 heterocycles. The third-order valence-corrected chi connectivity index (χ3v) is 2.61. The first-order valence-electron chi connectivity index (χ1n) is 5.83. The molecule has 1 rings (SSSR count). The smallest absolute Gasteiger partial charge is 0.0716 e. The molecule has 0 aliphatic carbocycles. The van der Waals surface area contributed by atoms with E-state index in [1.54, 1.807) is 7.11 Å². The maximum Gasteiger partial charge on any atom is 0.0716 e. The molecule has 0 aromatic heterocycles. The van der Waals surface area contributed by atoms with Gasteiger partial charge in [0, 0.05) is 19.7 Å². The van der Waals surface area contributed by atoms with Crippen LogP contribution in [0.15, 0.2) is 24.3 Å². The Hall–Kier alpha value is -0.900. The minimum Gasteiger partial charge on any atom is -0.380 e. The molecule has 0 saturated carbocycles. The van der Waals surface area contributed by atoms with Gasteiger partial charge in [-0.25, -0.2) is 0 Å². The average molecular weight is 222 g/mol. The van der Waals surface area contributed by atoms with Gasteiger partial charge < -0.3 is 15.8 Å². The molecule has 0 bridgehead atoms. The molecular weight excluding hydrogens is 200 g/mol. The third kappa shape index (κ3) is 3.59. The van der Waals surface area contributed by atoms with E-state index < -0.39 is 0 Å². The first-order valence-corrected chi connectivity index (χ1v) is 5.83. The van der Waals surface area contributed by atoms with Crippen molar-refractivity contribution in [3.8, 4) is 0 Å². The second-order valence-corrected chi connectivity index (χ2v) is 3.87. The second-order valence-electron chi connectivity index (χ2n) is 3.87. The van der Waals surface area contributed by atoms with E-state index in [0.717, 1.165) is 13.0 Å². The summed E-state index contributed by atoms with van der Waals surface area (Å²) in [6, 6.07) is 8.52. The van der Waals surface area contributed by atoms with Gasteiger partial charge in [-0.05, 0) is 24.1 Å². The summed E-state index contributed by atoms with van der Waals surface area (Å²) in [5.74, 6) is 0. The fraction of sp³-hybridized carbons (Fsp3) is 0.538. The van der Waals surface area contributed by atoms with Crippen LogP contribution in [0, 0.1) is 0 Å². The molecule has 1 aromatic carbocycles. The highest BCUT2D eigenvalue weighted by Gasteiger charge is 2.11. The highest BCUT2D eigenvalue weighted by Crippen LogP contribution is 2.18. The predicted molar refractivity (Wildman–Crippen MR) is 67.2 cm³/mol. The lowest BCUT2D eigenvalue weighted by Gasteiger charge is -2.20. The summed E-state index contributed by atoms with van der Waals surface area (Å²) in [6.07, 6.45) is 1.11. The van der Waals surface area contributed by atoms with Crippen LogP contribution < -0.4 is 11.1 Å². The van der Waals surface area contributed by atoms with Gasteiger partial charge >= 0.3 is 0 Å². The maximum atomic E-state index is 5.81. The standard InChI is InChI=1S/C13H22N2O/c1-3-8-15-13(9-14)12-7-5-4-6-11(12)10-16-2/h4-7,13,15H,3,8-10,14H2,1-2H3. The molecule has 0 aliphatic heterocycles. The van der Waals surface area contributed by atoms with Crippen LogP contribution in [0.3, 0.4) is 0 Å². The molecule has 1 atom stereocenters. The molecular formula is C13H22N2O. The summed E-state index contributed by atoms with van der Waals surface area (Å²) in [5.41, 5.74) is 8.27. The van der Waals surface area contributed by atoms with Crippen molar-refractivity contribution in [2.75, 3.05) is 20.2 Å². The summed E-state index contributed by atoms with van der Waals surface area (Å²) in [6.45, 7) is 4.39. The SMILES string of the molecule is CCCNC(CN)c1ccccc1COC. The lowest BCUT2D eigenvalue weighted by Crippen LogP contribution is -2.29.